The summed E-state index contributed by atoms with van der Waals surface area (Å²) in [5, 5.41) is 6.49. The molecule has 1 amide bonds. The summed E-state index contributed by atoms with van der Waals surface area (Å²) >= 11 is 0. The van der Waals surface area contributed by atoms with Gasteiger partial charge < -0.3 is 20.1 Å². The molecule has 3 saturated heterocycles. The normalized spacial score (nSPS) is 33.6. The molecule has 5 heteroatoms. The monoisotopic (exact) mass is 296 g/mol. The fourth-order valence-electron chi connectivity index (χ4n) is 3.90. The van der Waals surface area contributed by atoms with E-state index < -0.39 is 0 Å². The molecule has 0 aromatic carbocycles. The molecule has 3 aliphatic heterocycles. The molecule has 0 aromatic heterocycles. The van der Waals surface area contributed by atoms with Crippen molar-refractivity contribution < 1.29 is 14.3 Å². The van der Waals surface area contributed by atoms with E-state index in [1.54, 1.807) is 0 Å². The molecular formula is C16H28N2O3. The van der Waals surface area contributed by atoms with Gasteiger partial charge >= 0.3 is 0 Å². The largest absolute Gasteiger partial charge is 0.381 e. The summed E-state index contributed by atoms with van der Waals surface area (Å²) in [4.78, 5) is 12.1. The number of carbonyl (C=O) groups is 1. The highest BCUT2D eigenvalue weighted by Crippen LogP contribution is 2.33. The minimum Gasteiger partial charge on any atom is -0.381 e. The molecule has 3 aliphatic rings. The molecule has 0 saturated carbocycles. The Kier molecular flexibility index (Phi) is 5.49. The number of amides is 1. The van der Waals surface area contributed by atoms with E-state index >= 15 is 0 Å². The Balaban J connectivity index is 1.34. The van der Waals surface area contributed by atoms with Crippen LogP contribution >= 0.6 is 0 Å². The van der Waals surface area contributed by atoms with Crippen LogP contribution in [0.15, 0.2) is 0 Å². The number of fused-ring (bicyclic) bond motifs is 1. The maximum Gasteiger partial charge on any atom is 0.222 e. The smallest absolute Gasteiger partial charge is 0.222 e. The van der Waals surface area contributed by atoms with Crippen molar-refractivity contribution in [2.75, 3.05) is 39.5 Å². The molecule has 3 fully saturated rings. The Labute approximate surface area is 127 Å². The fraction of sp³-hybridized carbons (Fsp3) is 0.938. The maximum atomic E-state index is 12.1. The molecule has 3 rings (SSSR count). The first-order valence-corrected chi connectivity index (χ1v) is 8.49. The average molecular weight is 296 g/mol. The third-order valence-electron chi connectivity index (χ3n) is 5.27. The second-order valence-electron chi connectivity index (χ2n) is 6.69. The second kappa shape index (κ2) is 7.56. The molecule has 0 unspecified atom stereocenters. The predicted molar refractivity (Wildman–Crippen MR) is 80.0 cm³/mol. The van der Waals surface area contributed by atoms with Crippen molar-refractivity contribution >= 4 is 5.91 Å². The SMILES string of the molecule is O=C(C[C@@H]1OC[C@H]2CNCC[C@H]21)NCCC1CCOCC1. The molecule has 0 spiro atoms. The molecular weight excluding hydrogens is 268 g/mol. The number of carbonyl (C=O) groups excluding carboxylic acids is 1. The van der Waals surface area contributed by atoms with E-state index in [-0.39, 0.29) is 12.0 Å². The zero-order chi connectivity index (χ0) is 14.5. The van der Waals surface area contributed by atoms with E-state index in [0.29, 0.717) is 18.3 Å². The van der Waals surface area contributed by atoms with Crippen molar-refractivity contribution in [3.8, 4) is 0 Å². The van der Waals surface area contributed by atoms with Gasteiger partial charge in [0.1, 0.15) is 0 Å². The van der Waals surface area contributed by atoms with E-state index in [1.165, 1.54) is 0 Å². The first-order chi connectivity index (χ1) is 10.3. The Morgan fingerprint density at radius 1 is 1.24 bits per heavy atom. The van der Waals surface area contributed by atoms with Gasteiger partial charge in [-0.15, -0.1) is 0 Å². The maximum absolute atomic E-state index is 12.1. The Bertz CT molecular complexity index is 344. The number of hydrogen-bond donors (Lipinski definition) is 2. The number of hydrogen-bond acceptors (Lipinski definition) is 4. The van der Waals surface area contributed by atoms with Crippen LogP contribution < -0.4 is 10.6 Å². The highest BCUT2D eigenvalue weighted by atomic mass is 16.5. The summed E-state index contributed by atoms with van der Waals surface area (Å²) in [5.41, 5.74) is 0. The van der Waals surface area contributed by atoms with Gasteiger partial charge in [-0.05, 0) is 44.1 Å². The van der Waals surface area contributed by atoms with Crippen molar-refractivity contribution in [3.63, 3.8) is 0 Å². The molecule has 5 nitrogen and oxygen atoms in total. The van der Waals surface area contributed by atoms with Crippen LogP contribution in [0.1, 0.15) is 32.1 Å². The van der Waals surface area contributed by atoms with Crippen molar-refractivity contribution in [1.29, 1.82) is 0 Å². The van der Waals surface area contributed by atoms with E-state index in [9.17, 15) is 4.79 Å². The zero-order valence-corrected chi connectivity index (χ0v) is 12.8. The number of rotatable bonds is 5. The summed E-state index contributed by atoms with van der Waals surface area (Å²) in [6, 6.07) is 0. The molecule has 2 N–H and O–H groups in total. The molecule has 0 bridgehead atoms. The lowest BCUT2D eigenvalue weighted by Crippen LogP contribution is -2.39. The van der Waals surface area contributed by atoms with Crippen LogP contribution in [-0.4, -0.2) is 51.5 Å². The van der Waals surface area contributed by atoms with Gasteiger partial charge in [-0.2, -0.15) is 0 Å². The third kappa shape index (κ3) is 4.18. The molecule has 21 heavy (non-hydrogen) atoms. The molecule has 3 atom stereocenters. The fourth-order valence-corrected chi connectivity index (χ4v) is 3.90. The minimum absolute atomic E-state index is 0.139. The summed E-state index contributed by atoms with van der Waals surface area (Å²) < 4.78 is 11.2. The van der Waals surface area contributed by atoms with Gasteiger partial charge in [-0.25, -0.2) is 0 Å². The third-order valence-corrected chi connectivity index (χ3v) is 5.27. The van der Waals surface area contributed by atoms with Crippen molar-refractivity contribution in [2.24, 2.45) is 17.8 Å². The number of piperidine rings is 1. The van der Waals surface area contributed by atoms with Crippen LogP contribution in [0.2, 0.25) is 0 Å². The van der Waals surface area contributed by atoms with Crippen molar-refractivity contribution in [3.05, 3.63) is 0 Å². The van der Waals surface area contributed by atoms with Gasteiger partial charge in [-0.1, -0.05) is 0 Å². The van der Waals surface area contributed by atoms with Crippen LogP contribution in [0, 0.1) is 17.8 Å². The summed E-state index contributed by atoms with van der Waals surface area (Å²) in [6.07, 6.45) is 5.17. The van der Waals surface area contributed by atoms with Crippen molar-refractivity contribution in [2.45, 2.75) is 38.2 Å². The topological polar surface area (TPSA) is 59.6 Å². The summed E-state index contributed by atoms with van der Waals surface area (Å²) in [6.45, 7) is 5.49. The molecule has 3 heterocycles. The molecule has 0 aromatic rings. The lowest BCUT2D eigenvalue weighted by atomic mass is 9.84. The van der Waals surface area contributed by atoms with Crippen LogP contribution in [0.4, 0.5) is 0 Å². The van der Waals surface area contributed by atoms with Crippen LogP contribution in [0.3, 0.4) is 0 Å². The van der Waals surface area contributed by atoms with Crippen LogP contribution in [0.5, 0.6) is 0 Å². The first-order valence-electron chi connectivity index (χ1n) is 8.49. The zero-order valence-electron chi connectivity index (χ0n) is 12.8. The Morgan fingerprint density at radius 2 is 2.10 bits per heavy atom. The van der Waals surface area contributed by atoms with E-state index in [0.717, 1.165) is 71.1 Å². The summed E-state index contributed by atoms with van der Waals surface area (Å²) in [5.74, 6) is 2.06. The lowest BCUT2D eigenvalue weighted by molar-refractivity contribution is -0.123. The molecule has 0 radical (unpaired) electrons. The van der Waals surface area contributed by atoms with Gasteiger partial charge in [0.05, 0.1) is 19.1 Å². The van der Waals surface area contributed by atoms with Crippen LogP contribution in [-0.2, 0) is 14.3 Å². The quantitative estimate of drug-likeness (QED) is 0.792. The highest BCUT2D eigenvalue weighted by molar-refractivity contribution is 5.76. The van der Waals surface area contributed by atoms with Gasteiger partial charge in [-0.3, -0.25) is 4.79 Å². The van der Waals surface area contributed by atoms with Gasteiger partial charge in [0.15, 0.2) is 0 Å². The predicted octanol–water partition coefficient (Wildman–Crippen LogP) is 0.934. The van der Waals surface area contributed by atoms with Crippen LogP contribution in [0.25, 0.3) is 0 Å². The molecule has 120 valence electrons. The van der Waals surface area contributed by atoms with E-state index in [1.807, 2.05) is 0 Å². The Hall–Kier alpha value is -0.650. The van der Waals surface area contributed by atoms with Crippen molar-refractivity contribution in [1.82, 2.24) is 10.6 Å². The van der Waals surface area contributed by atoms with E-state index in [2.05, 4.69) is 10.6 Å². The van der Waals surface area contributed by atoms with Gasteiger partial charge in [0, 0.05) is 32.2 Å². The Morgan fingerprint density at radius 3 is 2.95 bits per heavy atom. The standard InChI is InChI=1S/C16H28N2O3/c19-16(18-6-1-12-3-7-20-8-4-12)9-15-14-2-5-17-10-13(14)11-21-15/h12-15,17H,1-11H2,(H,18,19)/t13-,14-,15+/m1/s1. The minimum atomic E-state index is 0.139. The average Bonchev–Trinajstić information content (AvgIpc) is 2.92. The lowest BCUT2D eigenvalue weighted by Gasteiger charge is -2.27. The van der Waals surface area contributed by atoms with Gasteiger partial charge in [0.25, 0.3) is 0 Å². The highest BCUT2D eigenvalue weighted by Gasteiger charge is 2.39. The molecule has 0 aliphatic carbocycles. The van der Waals surface area contributed by atoms with Gasteiger partial charge in [0.2, 0.25) is 5.91 Å². The summed E-state index contributed by atoms with van der Waals surface area (Å²) in [7, 11) is 0. The first kappa shape index (κ1) is 15.3. The number of ether oxygens (including phenoxy) is 2. The van der Waals surface area contributed by atoms with E-state index in [4.69, 9.17) is 9.47 Å². The number of nitrogens with one attached hydrogen (secondary N) is 2. The second-order valence-corrected chi connectivity index (χ2v) is 6.69.